The molecule has 0 unspecified atom stereocenters. The number of rotatable bonds is 1. The molecule has 6 nitrogen and oxygen atoms in total. The van der Waals surface area contributed by atoms with Gasteiger partial charge in [0.15, 0.2) is 0 Å². The molecule has 0 radical (unpaired) electrons. The first-order valence-corrected chi connectivity index (χ1v) is 7.31. The van der Waals surface area contributed by atoms with Crippen molar-refractivity contribution in [3.63, 3.8) is 0 Å². The zero-order chi connectivity index (χ0) is 14.3. The molecule has 1 aliphatic heterocycles. The van der Waals surface area contributed by atoms with Crippen LogP contribution < -0.4 is 0 Å². The van der Waals surface area contributed by atoms with E-state index in [4.69, 9.17) is 5.11 Å². The molecule has 1 N–H and O–H groups in total. The number of hydrogen-bond donors (Lipinski definition) is 1. The third-order valence-corrected chi connectivity index (χ3v) is 4.41. The van der Waals surface area contributed by atoms with Crippen molar-refractivity contribution in [1.82, 2.24) is 19.4 Å². The number of amides is 1. The molecule has 104 valence electrons. The number of nitrogens with zero attached hydrogens (tertiary/aromatic N) is 4. The van der Waals surface area contributed by atoms with E-state index < -0.39 is 6.09 Å². The van der Waals surface area contributed by atoms with E-state index in [-0.39, 0.29) is 0 Å². The fraction of sp³-hybridized carbons (Fsp3) is 0.308. The standard InChI is InChI=1S/C13H13IN4O2/c1-8-3-2-4-9(15-8)11-12(14)18-6-5-17(13(19)20)7-10(18)16-11/h2-4H,5-7H2,1H3,(H,19,20). The van der Waals surface area contributed by atoms with Crippen molar-refractivity contribution in [3.05, 3.63) is 33.4 Å². The summed E-state index contributed by atoms with van der Waals surface area (Å²) >= 11 is 2.25. The molecule has 0 bridgehead atoms. The molecule has 0 aliphatic carbocycles. The molecule has 1 amide bonds. The molecular formula is C13H13IN4O2. The summed E-state index contributed by atoms with van der Waals surface area (Å²) in [5.41, 5.74) is 2.60. The van der Waals surface area contributed by atoms with Crippen molar-refractivity contribution in [2.24, 2.45) is 0 Å². The van der Waals surface area contributed by atoms with Crippen LogP contribution in [-0.2, 0) is 13.1 Å². The lowest BCUT2D eigenvalue weighted by Crippen LogP contribution is -2.37. The van der Waals surface area contributed by atoms with E-state index in [1.54, 1.807) is 0 Å². The first-order chi connectivity index (χ1) is 9.56. The van der Waals surface area contributed by atoms with Crippen LogP contribution in [0.4, 0.5) is 4.79 Å². The predicted octanol–water partition coefficient (Wildman–Crippen LogP) is 2.35. The van der Waals surface area contributed by atoms with Gasteiger partial charge in [-0.25, -0.2) is 9.78 Å². The lowest BCUT2D eigenvalue weighted by molar-refractivity contribution is 0.131. The van der Waals surface area contributed by atoms with Crippen molar-refractivity contribution < 1.29 is 9.90 Å². The minimum Gasteiger partial charge on any atom is -0.465 e. The fourth-order valence-corrected chi connectivity index (χ4v) is 3.21. The van der Waals surface area contributed by atoms with Gasteiger partial charge >= 0.3 is 6.09 Å². The third kappa shape index (κ3) is 2.26. The molecule has 0 fully saturated rings. The Morgan fingerprint density at radius 3 is 2.85 bits per heavy atom. The van der Waals surface area contributed by atoms with Crippen LogP contribution in [0, 0.1) is 10.6 Å². The Morgan fingerprint density at radius 1 is 1.35 bits per heavy atom. The number of hydrogen-bond acceptors (Lipinski definition) is 3. The van der Waals surface area contributed by atoms with E-state index in [0.29, 0.717) is 19.6 Å². The first-order valence-electron chi connectivity index (χ1n) is 6.23. The molecular weight excluding hydrogens is 371 g/mol. The van der Waals surface area contributed by atoms with Crippen molar-refractivity contribution in [3.8, 4) is 11.4 Å². The topological polar surface area (TPSA) is 71.2 Å². The Bertz CT molecular complexity index is 683. The monoisotopic (exact) mass is 384 g/mol. The van der Waals surface area contributed by atoms with Crippen LogP contribution in [0.15, 0.2) is 18.2 Å². The zero-order valence-corrected chi connectivity index (χ0v) is 13.0. The second kappa shape index (κ2) is 5.04. The Labute approximate surface area is 129 Å². The van der Waals surface area contributed by atoms with E-state index in [1.807, 2.05) is 25.1 Å². The highest BCUT2D eigenvalue weighted by Crippen LogP contribution is 2.27. The summed E-state index contributed by atoms with van der Waals surface area (Å²) in [5.74, 6) is 0.779. The van der Waals surface area contributed by atoms with Crippen molar-refractivity contribution >= 4 is 28.7 Å². The Kier molecular flexibility index (Phi) is 3.36. The van der Waals surface area contributed by atoms with E-state index >= 15 is 0 Å². The Morgan fingerprint density at radius 2 is 2.15 bits per heavy atom. The summed E-state index contributed by atoms with van der Waals surface area (Å²) in [7, 11) is 0. The van der Waals surface area contributed by atoms with E-state index in [1.165, 1.54) is 4.90 Å². The van der Waals surface area contributed by atoms with Gasteiger partial charge in [-0.05, 0) is 41.6 Å². The van der Waals surface area contributed by atoms with Crippen LogP contribution >= 0.6 is 22.6 Å². The first kappa shape index (κ1) is 13.3. The normalized spacial score (nSPS) is 14.2. The maximum Gasteiger partial charge on any atom is 0.407 e. The molecule has 0 spiro atoms. The van der Waals surface area contributed by atoms with Crippen molar-refractivity contribution in [2.45, 2.75) is 20.0 Å². The summed E-state index contributed by atoms with van der Waals surface area (Å²) < 4.78 is 3.08. The van der Waals surface area contributed by atoms with Gasteiger partial charge in [-0.15, -0.1) is 0 Å². The number of carbonyl (C=O) groups is 1. The number of imidazole rings is 1. The quantitative estimate of drug-likeness (QED) is 0.767. The fourth-order valence-electron chi connectivity index (χ4n) is 2.30. The molecule has 0 atom stereocenters. The lowest BCUT2D eigenvalue weighted by atomic mass is 10.2. The van der Waals surface area contributed by atoms with Gasteiger partial charge in [-0.1, -0.05) is 6.07 Å². The van der Waals surface area contributed by atoms with Crippen LogP contribution in [-0.4, -0.2) is 37.2 Å². The molecule has 0 saturated heterocycles. The van der Waals surface area contributed by atoms with Gasteiger partial charge in [0.1, 0.15) is 15.2 Å². The molecule has 2 aromatic rings. The number of pyridine rings is 1. The lowest BCUT2D eigenvalue weighted by Gasteiger charge is -2.25. The van der Waals surface area contributed by atoms with Gasteiger partial charge in [-0.2, -0.15) is 0 Å². The smallest absolute Gasteiger partial charge is 0.407 e. The second-order valence-electron chi connectivity index (χ2n) is 4.69. The predicted molar refractivity (Wildman–Crippen MR) is 81.3 cm³/mol. The van der Waals surface area contributed by atoms with Gasteiger partial charge in [0.2, 0.25) is 0 Å². The Hall–Kier alpha value is -1.64. The minimum atomic E-state index is -0.899. The molecule has 2 aromatic heterocycles. The van der Waals surface area contributed by atoms with Crippen LogP contribution in [0.2, 0.25) is 0 Å². The van der Waals surface area contributed by atoms with Gasteiger partial charge in [-0.3, -0.25) is 9.88 Å². The largest absolute Gasteiger partial charge is 0.465 e. The summed E-state index contributed by atoms with van der Waals surface area (Å²) in [6.45, 7) is 3.41. The van der Waals surface area contributed by atoms with Crippen LogP contribution in [0.5, 0.6) is 0 Å². The average molecular weight is 384 g/mol. The van der Waals surface area contributed by atoms with Crippen LogP contribution in [0.1, 0.15) is 11.5 Å². The van der Waals surface area contributed by atoms with Gasteiger partial charge in [0.05, 0.1) is 12.2 Å². The maximum absolute atomic E-state index is 11.0. The van der Waals surface area contributed by atoms with E-state index in [0.717, 1.165) is 26.6 Å². The Balaban J connectivity index is 2.02. The second-order valence-corrected chi connectivity index (χ2v) is 5.71. The minimum absolute atomic E-state index is 0.331. The maximum atomic E-state index is 11.0. The zero-order valence-electron chi connectivity index (χ0n) is 10.9. The summed E-state index contributed by atoms with van der Waals surface area (Å²) in [4.78, 5) is 21.5. The van der Waals surface area contributed by atoms with E-state index in [2.05, 4.69) is 37.1 Å². The molecule has 3 rings (SSSR count). The molecule has 0 aromatic carbocycles. The number of aromatic nitrogens is 3. The molecule has 1 aliphatic rings. The van der Waals surface area contributed by atoms with Crippen LogP contribution in [0.25, 0.3) is 11.4 Å². The highest BCUT2D eigenvalue weighted by molar-refractivity contribution is 14.1. The van der Waals surface area contributed by atoms with Crippen LogP contribution in [0.3, 0.4) is 0 Å². The number of aryl methyl sites for hydroxylation is 1. The van der Waals surface area contributed by atoms with Gasteiger partial charge in [0, 0.05) is 18.8 Å². The number of halogens is 1. The molecule has 7 heteroatoms. The number of carboxylic acid groups (broad SMARTS) is 1. The summed E-state index contributed by atoms with van der Waals surface area (Å²) in [5, 5.41) is 9.07. The van der Waals surface area contributed by atoms with Crippen molar-refractivity contribution in [2.75, 3.05) is 6.54 Å². The highest BCUT2D eigenvalue weighted by atomic mass is 127. The summed E-state index contributed by atoms with van der Waals surface area (Å²) in [6, 6.07) is 5.83. The van der Waals surface area contributed by atoms with Gasteiger partial charge < -0.3 is 9.67 Å². The average Bonchev–Trinajstić information content (AvgIpc) is 2.75. The number of fused-ring (bicyclic) bond motifs is 1. The van der Waals surface area contributed by atoms with Crippen molar-refractivity contribution in [1.29, 1.82) is 0 Å². The SMILES string of the molecule is Cc1cccc(-c2nc3n(c2I)CCN(C(=O)O)C3)n1. The highest BCUT2D eigenvalue weighted by Gasteiger charge is 2.25. The molecule has 0 saturated carbocycles. The van der Waals surface area contributed by atoms with Gasteiger partial charge in [0.25, 0.3) is 0 Å². The third-order valence-electron chi connectivity index (χ3n) is 3.31. The molecule has 3 heterocycles. The van der Waals surface area contributed by atoms with E-state index in [9.17, 15) is 4.79 Å². The molecule has 20 heavy (non-hydrogen) atoms. The summed E-state index contributed by atoms with van der Waals surface area (Å²) in [6.07, 6.45) is -0.899.